The topological polar surface area (TPSA) is 26.3 Å². The van der Waals surface area contributed by atoms with Crippen molar-refractivity contribution in [2.45, 2.75) is 30.1 Å². The second-order valence-electron chi connectivity index (χ2n) is 5.22. The number of hydrogen-bond acceptors (Lipinski definition) is 3. The molecule has 0 saturated carbocycles. The fraction of sp³-hybridized carbons (Fsp3) is 0.471. The first-order valence-electron chi connectivity index (χ1n) is 7.12. The Kier molecular flexibility index (Phi) is 5.86. The highest BCUT2D eigenvalue weighted by molar-refractivity contribution is 7.98. The zero-order valence-corrected chi connectivity index (χ0v) is 12.8. The van der Waals surface area contributed by atoms with Crippen molar-refractivity contribution in [3.63, 3.8) is 0 Å². The van der Waals surface area contributed by atoms with Crippen LogP contribution in [0.1, 0.15) is 30.7 Å². The average molecular weight is 290 g/mol. The Labute approximate surface area is 125 Å². The third-order valence-corrected chi connectivity index (χ3v) is 4.72. The van der Waals surface area contributed by atoms with Crippen molar-refractivity contribution in [2.24, 2.45) is 5.92 Å². The highest BCUT2D eigenvalue weighted by Gasteiger charge is 2.24. The third-order valence-electron chi connectivity index (χ3n) is 3.97. The van der Waals surface area contributed by atoms with Gasteiger partial charge >= 0.3 is 0 Å². The lowest BCUT2D eigenvalue weighted by Crippen LogP contribution is -2.21. The zero-order chi connectivity index (χ0) is 14.4. The molecule has 3 heteroatoms. The molecule has 1 unspecified atom stereocenters. The summed E-state index contributed by atoms with van der Waals surface area (Å²) in [6, 6.07) is 8.34. The molecular weight excluding hydrogens is 268 g/mol. The molecular formula is C17H22O2S. The molecule has 0 bridgehead atoms. The molecule has 1 aromatic carbocycles. The van der Waals surface area contributed by atoms with E-state index in [1.807, 2.05) is 0 Å². The molecule has 20 heavy (non-hydrogen) atoms. The molecule has 2 rings (SSSR count). The SMILES string of the molecule is C=CC(=O)C(CC1CCOCC1)c1ccc(SC)cc1. The van der Waals surface area contributed by atoms with Gasteiger partial charge in [-0.15, -0.1) is 11.8 Å². The van der Waals surface area contributed by atoms with Gasteiger partial charge in [-0.05, 0) is 55.2 Å². The lowest BCUT2D eigenvalue weighted by atomic mass is 9.83. The van der Waals surface area contributed by atoms with Crippen LogP contribution in [0.15, 0.2) is 41.8 Å². The Hall–Kier alpha value is -1.06. The maximum absolute atomic E-state index is 12.2. The molecule has 1 aliphatic rings. The third kappa shape index (κ3) is 3.97. The Morgan fingerprint density at radius 2 is 2.05 bits per heavy atom. The van der Waals surface area contributed by atoms with Gasteiger partial charge in [-0.1, -0.05) is 18.7 Å². The summed E-state index contributed by atoms with van der Waals surface area (Å²) in [4.78, 5) is 13.4. The van der Waals surface area contributed by atoms with Crippen molar-refractivity contribution in [1.82, 2.24) is 0 Å². The van der Waals surface area contributed by atoms with Gasteiger partial charge in [-0.2, -0.15) is 0 Å². The first-order chi connectivity index (χ1) is 9.74. The van der Waals surface area contributed by atoms with Crippen LogP contribution in [0.5, 0.6) is 0 Å². The number of ether oxygens (including phenoxy) is 1. The second kappa shape index (κ2) is 7.65. The maximum Gasteiger partial charge on any atom is 0.162 e. The molecule has 0 N–H and O–H groups in total. The fourth-order valence-electron chi connectivity index (χ4n) is 2.71. The van der Waals surface area contributed by atoms with Gasteiger partial charge in [0.1, 0.15) is 0 Å². The number of carbonyl (C=O) groups is 1. The van der Waals surface area contributed by atoms with E-state index in [0.29, 0.717) is 5.92 Å². The number of allylic oxidation sites excluding steroid dienone is 1. The van der Waals surface area contributed by atoms with E-state index in [1.54, 1.807) is 11.8 Å². The van der Waals surface area contributed by atoms with Crippen LogP contribution in [-0.4, -0.2) is 25.3 Å². The van der Waals surface area contributed by atoms with Crippen LogP contribution in [0, 0.1) is 5.92 Å². The van der Waals surface area contributed by atoms with E-state index in [9.17, 15) is 4.79 Å². The van der Waals surface area contributed by atoms with E-state index in [2.05, 4.69) is 37.1 Å². The smallest absolute Gasteiger partial charge is 0.162 e. The van der Waals surface area contributed by atoms with Gasteiger partial charge in [0.25, 0.3) is 0 Å². The molecule has 108 valence electrons. The highest BCUT2D eigenvalue weighted by atomic mass is 32.2. The summed E-state index contributed by atoms with van der Waals surface area (Å²) in [6.45, 7) is 5.30. The molecule has 0 spiro atoms. The first-order valence-corrected chi connectivity index (χ1v) is 8.35. The highest BCUT2D eigenvalue weighted by Crippen LogP contribution is 2.31. The number of carbonyl (C=O) groups excluding carboxylic acids is 1. The number of ketones is 1. The minimum Gasteiger partial charge on any atom is -0.381 e. The molecule has 1 saturated heterocycles. The molecule has 0 aliphatic carbocycles. The molecule has 0 radical (unpaired) electrons. The summed E-state index contributed by atoms with van der Waals surface area (Å²) in [5.41, 5.74) is 1.11. The molecule has 1 heterocycles. The average Bonchev–Trinajstić information content (AvgIpc) is 2.53. The quantitative estimate of drug-likeness (QED) is 0.583. The summed E-state index contributed by atoms with van der Waals surface area (Å²) in [6.07, 6.45) is 6.55. The van der Waals surface area contributed by atoms with Crippen LogP contribution in [0.4, 0.5) is 0 Å². The van der Waals surface area contributed by atoms with Crippen molar-refractivity contribution >= 4 is 17.5 Å². The summed E-state index contributed by atoms with van der Waals surface area (Å²) in [5.74, 6) is 0.665. The zero-order valence-electron chi connectivity index (χ0n) is 12.0. The molecule has 1 aromatic rings. The van der Waals surface area contributed by atoms with Crippen molar-refractivity contribution in [1.29, 1.82) is 0 Å². The van der Waals surface area contributed by atoms with E-state index in [0.717, 1.165) is 38.0 Å². The molecule has 1 atom stereocenters. The molecule has 0 aromatic heterocycles. The van der Waals surface area contributed by atoms with Gasteiger partial charge in [-0.25, -0.2) is 0 Å². The van der Waals surface area contributed by atoms with Gasteiger partial charge in [0, 0.05) is 24.0 Å². The van der Waals surface area contributed by atoms with Gasteiger partial charge in [0.2, 0.25) is 0 Å². The largest absolute Gasteiger partial charge is 0.381 e. The molecule has 0 amide bonds. The van der Waals surface area contributed by atoms with Crippen molar-refractivity contribution in [2.75, 3.05) is 19.5 Å². The van der Waals surface area contributed by atoms with Crippen molar-refractivity contribution < 1.29 is 9.53 Å². The van der Waals surface area contributed by atoms with E-state index in [1.165, 1.54) is 11.0 Å². The monoisotopic (exact) mass is 290 g/mol. The molecule has 1 fully saturated rings. The fourth-order valence-corrected chi connectivity index (χ4v) is 3.12. The first kappa shape index (κ1) is 15.3. The number of rotatable bonds is 6. The van der Waals surface area contributed by atoms with Gasteiger partial charge in [0.05, 0.1) is 0 Å². The standard InChI is InChI=1S/C17H22O2S/c1-3-17(18)16(12-13-8-10-19-11-9-13)14-4-6-15(20-2)7-5-14/h3-7,13,16H,1,8-12H2,2H3. The van der Waals surface area contributed by atoms with E-state index >= 15 is 0 Å². The Morgan fingerprint density at radius 1 is 1.40 bits per heavy atom. The lowest BCUT2D eigenvalue weighted by Gasteiger charge is -2.25. The van der Waals surface area contributed by atoms with E-state index < -0.39 is 0 Å². The van der Waals surface area contributed by atoms with Gasteiger partial charge in [0.15, 0.2) is 5.78 Å². The Morgan fingerprint density at radius 3 is 2.60 bits per heavy atom. The Bertz CT molecular complexity index is 447. The van der Waals surface area contributed by atoms with E-state index in [4.69, 9.17) is 4.74 Å². The van der Waals surface area contributed by atoms with Crippen LogP contribution in [0.25, 0.3) is 0 Å². The number of benzene rings is 1. The molecule has 2 nitrogen and oxygen atoms in total. The van der Waals surface area contributed by atoms with Crippen molar-refractivity contribution in [3.05, 3.63) is 42.5 Å². The summed E-state index contributed by atoms with van der Waals surface area (Å²) < 4.78 is 5.40. The minimum atomic E-state index is -0.0495. The number of hydrogen-bond donors (Lipinski definition) is 0. The van der Waals surface area contributed by atoms with Crippen LogP contribution in [0.3, 0.4) is 0 Å². The predicted octanol–water partition coefficient (Wildman–Crippen LogP) is 4.06. The summed E-state index contributed by atoms with van der Waals surface area (Å²) >= 11 is 1.72. The van der Waals surface area contributed by atoms with Crippen LogP contribution in [0.2, 0.25) is 0 Å². The Balaban J connectivity index is 2.12. The van der Waals surface area contributed by atoms with Gasteiger partial charge < -0.3 is 4.74 Å². The van der Waals surface area contributed by atoms with Crippen LogP contribution in [-0.2, 0) is 9.53 Å². The summed E-state index contributed by atoms with van der Waals surface area (Å²) in [5, 5.41) is 0. The maximum atomic E-state index is 12.2. The van der Waals surface area contributed by atoms with Crippen LogP contribution < -0.4 is 0 Å². The minimum absolute atomic E-state index is 0.0495. The van der Waals surface area contributed by atoms with E-state index in [-0.39, 0.29) is 11.7 Å². The van der Waals surface area contributed by atoms with Crippen molar-refractivity contribution in [3.8, 4) is 0 Å². The molecule has 1 aliphatic heterocycles. The second-order valence-corrected chi connectivity index (χ2v) is 6.10. The number of thioether (sulfide) groups is 1. The normalized spacial score (nSPS) is 17.6. The predicted molar refractivity (Wildman–Crippen MR) is 84.3 cm³/mol. The summed E-state index contributed by atoms with van der Waals surface area (Å²) in [7, 11) is 0. The van der Waals surface area contributed by atoms with Crippen LogP contribution >= 0.6 is 11.8 Å². The lowest BCUT2D eigenvalue weighted by molar-refractivity contribution is -0.116. The van der Waals surface area contributed by atoms with Gasteiger partial charge in [-0.3, -0.25) is 4.79 Å².